The van der Waals surface area contributed by atoms with Crippen LogP contribution in [0.2, 0.25) is 0 Å². The van der Waals surface area contributed by atoms with E-state index < -0.39 is 38.0 Å². The summed E-state index contributed by atoms with van der Waals surface area (Å²) in [4.78, 5) is 22.0. The van der Waals surface area contributed by atoms with Gasteiger partial charge < -0.3 is 9.47 Å². The van der Waals surface area contributed by atoms with E-state index in [1.807, 2.05) is 0 Å². The number of ether oxygens (including phenoxy) is 2. The van der Waals surface area contributed by atoms with Crippen LogP contribution >= 0.6 is 10.2 Å². The summed E-state index contributed by atoms with van der Waals surface area (Å²) in [5.74, 6) is -2.38. The second-order valence-corrected chi connectivity index (χ2v) is 7.47. The molecular formula is C14H17F5O4S. The van der Waals surface area contributed by atoms with Crippen LogP contribution in [-0.4, -0.2) is 25.2 Å². The van der Waals surface area contributed by atoms with Crippen molar-refractivity contribution in [1.29, 1.82) is 0 Å². The summed E-state index contributed by atoms with van der Waals surface area (Å²) in [5, 5.41) is 0. The number of rotatable bonds is 6. The maximum absolute atomic E-state index is 13.0. The Morgan fingerprint density at radius 1 is 1.00 bits per heavy atom. The normalized spacial score (nSPS) is 15.2. The average molecular weight is 376 g/mol. The van der Waals surface area contributed by atoms with Crippen LogP contribution < -0.4 is 0 Å². The number of carbonyl (C=O) groups excluding carboxylic acids is 2. The van der Waals surface area contributed by atoms with Gasteiger partial charge in [-0.3, -0.25) is 9.59 Å². The van der Waals surface area contributed by atoms with E-state index in [0.717, 1.165) is 13.0 Å². The Bertz CT molecular complexity index is 639. The van der Waals surface area contributed by atoms with Crippen LogP contribution in [0.1, 0.15) is 26.3 Å². The monoisotopic (exact) mass is 376 g/mol. The molecule has 138 valence electrons. The third kappa shape index (κ3) is 4.16. The van der Waals surface area contributed by atoms with Crippen molar-refractivity contribution in [2.24, 2.45) is 0 Å². The first kappa shape index (κ1) is 20.2. The lowest BCUT2D eigenvalue weighted by molar-refractivity contribution is -0.163. The van der Waals surface area contributed by atoms with Crippen molar-refractivity contribution in [1.82, 2.24) is 0 Å². The van der Waals surface area contributed by atoms with Gasteiger partial charge in [0, 0.05) is 0 Å². The van der Waals surface area contributed by atoms with Crippen molar-refractivity contribution in [2.75, 3.05) is 13.2 Å². The number of hydrogen-bond acceptors (Lipinski definition) is 4. The van der Waals surface area contributed by atoms with Crippen LogP contribution in [-0.2, 0) is 24.5 Å². The molecule has 0 spiro atoms. The maximum atomic E-state index is 13.0. The second kappa shape index (κ2) is 5.61. The molecule has 1 aromatic carbocycles. The van der Waals surface area contributed by atoms with Crippen LogP contribution in [0.5, 0.6) is 0 Å². The highest BCUT2D eigenvalue weighted by molar-refractivity contribution is 8.45. The van der Waals surface area contributed by atoms with Gasteiger partial charge in [0.1, 0.15) is 4.90 Å². The third-order valence-electron chi connectivity index (χ3n) is 3.22. The highest BCUT2D eigenvalue weighted by atomic mass is 32.5. The number of benzene rings is 1. The van der Waals surface area contributed by atoms with Gasteiger partial charge in [0.2, 0.25) is 0 Å². The van der Waals surface area contributed by atoms with Crippen LogP contribution in [0.4, 0.5) is 19.4 Å². The fourth-order valence-corrected chi connectivity index (χ4v) is 2.60. The van der Waals surface area contributed by atoms with Crippen LogP contribution in [0, 0.1) is 0 Å². The van der Waals surface area contributed by atoms with E-state index in [4.69, 9.17) is 9.47 Å². The molecule has 0 saturated carbocycles. The molecule has 10 heteroatoms. The summed E-state index contributed by atoms with van der Waals surface area (Å²) < 4.78 is 74.3. The zero-order valence-corrected chi connectivity index (χ0v) is 14.0. The third-order valence-corrected chi connectivity index (χ3v) is 4.37. The molecule has 0 heterocycles. The molecule has 4 nitrogen and oxygen atoms in total. The molecule has 0 aliphatic carbocycles. The summed E-state index contributed by atoms with van der Waals surface area (Å²) in [7, 11) is -9.97. The Hall–Kier alpha value is -1.84. The van der Waals surface area contributed by atoms with E-state index in [2.05, 4.69) is 0 Å². The molecule has 1 rings (SSSR count). The minimum atomic E-state index is -9.97. The summed E-state index contributed by atoms with van der Waals surface area (Å²) in [5.41, 5.74) is -2.89. The Morgan fingerprint density at radius 2 is 1.46 bits per heavy atom. The van der Waals surface area contributed by atoms with E-state index >= 15 is 0 Å². The predicted octanol–water partition coefficient (Wildman–Crippen LogP) is 4.73. The fraction of sp³-hybridized carbons (Fsp3) is 0.429. The van der Waals surface area contributed by atoms with Crippen molar-refractivity contribution in [3.05, 3.63) is 29.8 Å². The summed E-state index contributed by atoms with van der Waals surface area (Å²) in [6, 6.07) is 1.91. The summed E-state index contributed by atoms with van der Waals surface area (Å²) >= 11 is 0. The van der Waals surface area contributed by atoms with Crippen molar-refractivity contribution < 1.29 is 38.5 Å². The molecule has 0 aliphatic rings. The largest absolute Gasteiger partial charge is 0.465 e. The lowest BCUT2D eigenvalue weighted by atomic mass is 9.82. The van der Waals surface area contributed by atoms with E-state index in [1.54, 1.807) is 0 Å². The summed E-state index contributed by atoms with van der Waals surface area (Å²) in [6.45, 7) is 3.50. The van der Waals surface area contributed by atoms with Gasteiger partial charge in [0.25, 0.3) is 0 Å². The molecule has 0 amide bonds. The average Bonchev–Trinajstić information content (AvgIpc) is 2.44. The quantitative estimate of drug-likeness (QED) is 0.409. The highest BCUT2D eigenvalue weighted by Crippen LogP contribution is 3.02. The SMILES string of the molecule is CCOC(=O)C(C)(C(=O)OCC)c1cccc(S(F)(F)(F)(F)F)c1. The molecule has 24 heavy (non-hydrogen) atoms. The van der Waals surface area contributed by atoms with E-state index in [-0.39, 0.29) is 25.3 Å². The topological polar surface area (TPSA) is 52.6 Å². The Morgan fingerprint density at radius 3 is 1.83 bits per heavy atom. The minimum absolute atomic E-state index is 0.0788. The van der Waals surface area contributed by atoms with Crippen molar-refractivity contribution in [3.63, 3.8) is 0 Å². The van der Waals surface area contributed by atoms with Gasteiger partial charge >= 0.3 is 22.2 Å². The molecule has 1 aromatic rings. The van der Waals surface area contributed by atoms with Gasteiger partial charge in [-0.1, -0.05) is 31.6 Å². The molecule has 0 aromatic heterocycles. The van der Waals surface area contributed by atoms with Gasteiger partial charge in [0.05, 0.1) is 13.2 Å². The highest BCUT2D eigenvalue weighted by Gasteiger charge is 2.65. The molecule has 0 saturated heterocycles. The second-order valence-electron chi connectivity index (χ2n) is 5.06. The first-order chi connectivity index (χ1) is 10.7. The van der Waals surface area contributed by atoms with Gasteiger partial charge in [-0.2, -0.15) is 0 Å². The smallest absolute Gasteiger partial charge is 0.327 e. The molecule has 0 radical (unpaired) electrons. The molecule has 0 atom stereocenters. The van der Waals surface area contributed by atoms with Crippen LogP contribution in [0.25, 0.3) is 0 Å². The van der Waals surface area contributed by atoms with Gasteiger partial charge in [-0.25, -0.2) is 0 Å². The predicted molar refractivity (Wildman–Crippen MR) is 78.5 cm³/mol. The zero-order chi connectivity index (χ0) is 18.9. The number of hydrogen-bond donors (Lipinski definition) is 0. The van der Waals surface area contributed by atoms with Crippen LogP contribution in [0.15, 0.2) is 29.2 Å². The Kier molecular flexibility index (Phi) is 4.72. The molecule has 0 fully saturated rings. The maximum Gasteiger partial charge on any atom is 0.327 e. The Balaban J connectivity index is 3.57. The number of carbonyl (C=O) groups is 2. The Labute approximate surface area is 135 Å². The lowest BCUT2D eigenvalue weighted by Crippen LogP contribution is -2.43. The van der Waals surface area contributed by atoms with E-state index in [9.17, 15) is 29.0 Å². The fourth-order valence-electron chi connectivity index (χ4n) is 1.92. The zero-order valence-electron chi connectivity index (χ0n) is 13.2. The van der Waals surface area contributed by atoms with Gasteiger partial charge in [-0.05, 0) is 38.5 Å². The standard InChI is InChI=1S/C14H17F5O4S/c1-4-22-12(20)14(3,13(21)23-5-2)10-7-6-8-11(9-10)24(15,16,17,18)19/h6-9H,4-5H2,1-3H3. The molecule has 0 aliphatic heterocycles. The summed E-state index contributed by atoms with van der Waals surface area (Å²) in [6.07, 6.45) is 0. The minimum Gasteiger partial charge on any atom is -0.465 e. The number of halogens is 5. The number of esters is 2. The first-order valence-electron chi connectivity index (χ1n) is 6.86. The van der Waals surface area contributed by atoms with Gasteiger partial charge in [0.15, 0.2) is 5.41 Å². The first-order valence-corrected chi connectivity index (χ1v) is 8.81. The van der Waals surface area contributed by atoms with Gasteiger partial charge in [-0.15, -0.1) is 0 Å². The van der Waals surface area contributed by atoms with Crippen LogP contribution in [0.3, 0.4) is 0 Å². The van der Waals surface area contributed by atoms with E-state index in [0.29, 0.717) is 6.07 Å². The van der Waals surface area contributed by atoms with Crippen molar-refractivity contribution in [2.45, 2.75) is 31.1 Å². The van der Waals surface area contributed by atoms with Crippen molar-refractivity contribution in [3.8, 4) is 0 Å². The van der Waals surface area contributed by atoms with E-state index in [1.165, 1.54) is 13.8 Å². The van der Waals surface area contributed by atoms with Crippen molar-refractivity contribution >= 4 is 22.2 Å². The molecule has 0 N–H and O–H groups in total. The molecule has 0 unspecified atom stereocenters. The lowest BCUT2D eigenvalue weighted by Gasteiger charge is -2.41. The molecule has 0 bridgehead atoms. The molecular weight excluding hydrogens is 359 g/mol.